The lowest BCUT2D eigenvalue weighted by Gasteiger charge is -2.38. The fraction of sp³-hybridized carbons (Fsp3) is 0.389. The molecule has 0 radical (unpaired) electrons. The molecule has 0 bridgehead atoms. The molecule has 22 heavy (non-hydrogen) atoms. The summed E-state index contributed by atoms with van der Waals surface area (Å²) in [6.07, 6.45) is 1.76. The van der Waals surface area contributed by atoms with Crippen molar-refractivity contribution in [1.82, 2.24) is 4.90 Å². The zero-order valence-corrected chi connectivity index (χ0v) is 13.0. The normalized spacial score (nSPS) is 18.7. The van der Waals surface area contributed by atoms with Gasteiger partial charge in [-0.15, -0.1) is 0 Å². The van der Waals surface area contributed by atoms with Crippen molar-refractivity contribution in [3.8, 4) is 11.8 Å². The maximum absolute atomic E-state index is 11.1. The van der Waals surface area contributed by atoms with Gasteiger partial charge in [0, 0.05) is 24.1 Å². The number of carboxylic acid groups (broad SMARTS) is 1. The highest BCUT2D eigenvalue weighted by Gasteiger charge is 2.32. The molecule has 0 aliphatic carbocycles. The SMILES string of the molecule is CC1(C)CN(C(=O)O)CC/C1=C\C#Cc1cccc(CO)c1. The number of allylic oxidation sites excluding steroid dienone is 1. The Balaban J connectivity index is 2.13. The first-order valence-corrected chi connectivity index (χ1v) is 7.31. The number of nitrogens with zero attached hydrogens (tertiary/aromatic N) is 1. The Labute approximate surface area is 131 Å². The highest BCUT2D eigenvalue weighted by molar-refractivity contribution is 5.65. The summed E-state index contributed by atoms with van der Waals surface area (Å²) >= 11 is 0. The van der Waals surface area contributed by atoms with E-state index < -0.39 is 6.09 Å². The number of amides is 1. The second-order valence-electron chi connectivity index (χ2n) is 6.14. The standard InChI is InChI=1S/C18H21NO3/c1-18(2)13-19(17(21)22)10-9-16(18)8-4-6-14-5-3-7-15(11-14)12-20/h3,5,7-8,11,20H,9-10,12-13H2,1-2H3,(H,21,22)/b16-8+. The number of carbonyl (C=O) groups is 1. The number of aliphatic hydroxyl groups excluding tert-OH is 1. The summed E-state index contributed by atoms with van der Waals surface area (Å²) in [5.41, 5.74) is 2.69. The Hall–Kier alpha value is -2.25. The van der Waals surface area contributed by atoms with Crippen LogP contribution in [0.5, 0.6) is 0 Å². The Bertz CT molecular complexity index is 650. The lowest BCUT2D eigenvalue weighted by atomic mass is 9.79. The van der Waals surface area contributed by atoms with Gasteiger partial charge in [-0.05, 0) is 30.2 Å². The van der Waals surface area contributed by atoms with Crippen LogP contribution in [0.2, 0.25) is 0 Å². The largest absolute Gasteiger partial charge is 0.465 e. The predicted molar refractivity (Wildman–Crippen MR) is 85.3 cm³/mol. The molecule has 1 fully saturated rings. The van der Waals surface area contributed by atoms with Gasteiger partial charge in [0.2, 0.25) is 0 Å². The molecule has 4 nitrogen and oxygen atoms in total. The molecule has 1 aliphatic rings. The van der Waals surface area contributed by atoms with Gasteiger partial charge in [0.1, 0.15) is 0 Å². The fourth-order valence-corrected chi connectivity index (χ4v) is 2.64. The number of hydrogen-bond donors (Lipinski definition) is 2. The first-order chi connectivity index (χ1) is 10.4. The average molecular weight is 299 g/mol. The molecule has 4 heteroatoms. The molecule has 1 aliphatic heterocycles. The Morgan fingerprint density at radius 3 is 2.86 bits per heavy atom. The number of benzene rings is 1. The maximum Gasteiger partial charge on any atom is 0.407 e. The second-order valence-corrected chi connectivity index (χ2v) is 6.14. The molecule has 1 heterocycles. The lowest BCUT2D eigenvalue weighted by Crippen LogP contribution is -2.44. The predicted octanol–water partition coefficient (Wildman–Crippen LogP) is 2.87. The number of aliphatic hydroxyl groups is 1. The van der Waals surface area contributed by atoms with Crippen LogP contribution in [0.4, 0.5) is 4.79 Å². The van der Waals surface area contributed by atoms with Crippen LogP contribution < -0.4 is 0 Å². The molecule has 0 saturated carbocycles. The van der Waals surface area contributed by atoms with E-state index in [1.165, 1.54) is 10.5 Å². The Morgan fingerprint density at radius 2 is 2.23 bits per heavy atom. The molecule has 1 aromatic rings. The lowest BCUT2D eigenvalue weighted by molar-refractivity contribution is 0.117. The minimum atomic E-state index is -0.862. The molecule has 0 spiro atoms. The van der Waals surface area contributed by atoms with Gasteiger partial charge in [0.05, 0.1) is 6.61 Å². The van der Waals surface area contributed by atoms with Crippen molar-refractivity contribution >= 4 is 6.09 Å². The van der Waals surface area contributed by atoms with Gasteiger partial charge >= 0.3 is 6.09 Å². The van der Waals surface area contributed by atoms with E-state index in [-0.39, 0.29) is 12.0 Å². The van der Waals surface area contributed by atoms with E-state index in [2.05, 4.69) is 11.8 Å². The van der Waals surface area contributed by atoms with E-state index in [1.807, 2.05) is 44.2 Å². The summed E-state index contributed by atoms with van der Waals surface area (Å²) in [6, 6.07) is 7.50. The monoisotopic (exact) mass is 299 g/mol. The van der Waals surface area contributed by atoms with Crippen LogP contribution in [0, 0.1) is 17.3 Å². The Kier molecular flexibility index (Phi) is 4.89. The van der Waals surface area contributed by atoms with Crippen molar-refractivity contribution in [3.63, 3.8) is 0 Å². The molecule has 116 valence electrons. The van der Waals surface area contributed by atoms with Gasteiger partial charge < -0.3 is 15.1 Å². The molecule has 1 amide bonds. The smallest absolute Gasteiger partial charge is 0.407 e. The minimum Gasteiger partial charge on any atom is -0.465 e. The first-order valence-electron chi connectivity index (χ1n) is 7.31. The van der Waals surface area contributed by atoms with Crippen molar-refractivity contribution in [2.45, 2.75) is 26.9 Å². The van der Waals surface area contributed by atoms with E-state index in [9.17, 15) is 4.79 Å². The van der Waals surface area contributed by atoms with Crippen LogP contribution >= 0.6 is 0 Å². The zero-order valence-electron chi connectivity index (χ0n) is 13.0. The molecule has 0 atom stereocenters. The third kappa shape index (κ3) is 3.90. The van der Waals surface area contributed by atoms with Crippen LogP contribution in [0.15, 0.2) is 35.9 Å². The van der Waals surface area contributed by atoms with Gasteiger partial charge in [-0.25, -0.2) is 4.79 Å². The topological polar surface area (TPSA) is 60.8 Å². The third-order valence-corrected chi connectivity index (χ3v) is 3.95. The fourth-order valence-electron chi connectivity index (χ4n) is 2.64. The number of rotatable bonds is 1. The van der Waals surface area contributed by atoms with Crippen LogP contribution in [0.1, 0.15) is 31.4 Å². The highest BCUT2D eigenvalue weighted by atomic mass is 16.4. The van der Waals surface area contributed by atoms with Gasteiger partial charge in [-0.2, -0.15) is 0 Å². The Morgan fingerprint density at radius 1 is 1.45 bits per heavy atom. The molecule has 1 saturated heterocycles. The average Bonchev–Trinajstić information content (AvgIpc) is 2.48. The van der Waals surface area contributed by atoms with E-state index in [4.69, 9.17) is 10.2 Å². The molecular formula is C18H21NO3. The molecular weight excluding hydrogens is 278 g/mol. The van der Waals surface area contributed by atoms with Gasteiger partial charge in [0.25, 0.3) is 0 Å². The van der Waals surface area contributed by atoms with Crippen LogP contribution in [-0.2, 0) is 6.61 Å². The van der Waals surface area contributed by atoms with Crippen LogP contribution in [0.25, 0.3) is 0 Å². The van der Waals surface area contributed by atoms with E-state index in [1.54, 1.807) is 0 Å². The summed E-state index contributed by atoms with van der Waals surface area (Å²) in [5, 5.41) is 18.2. The molecule has 2 N–H and O–H groups in total. The summed E-state index contributed by atoms with van der Waals surface area (Å²) < 4.78 is 0. The zero-order chi connectivity index (χ0) is 16.2. The van der Waals surface area contributed by atoms with E-state index in [0.717, 1.165) is 11.1 Å². The van der Waals surface area contributed by atoms with Gasteiger partial charge in [-0.3, -0.25) is 0 Å². The molecule has 2 rings (SSSR count). The van der Waals surface area contributed by atoms with Crippen molar-refractivity contribution < 1.29 is 15.0 Å². The van der Waals surface area contributed by atoms with E-state index in [0.29, 0.717) is 19.5 Å². The maximum atomic E-state index is 11.1. The number of hydrogen-bond acceptors (Lipinski definition) is 2. The van der Waals surface area contributed by atoms with Gasteiger partial charge in [-0.1, -0.05) is 43.4 Å². The minimum absolute atomic E-state index is 0.00859. The summed E-state index contributed by atoms with van der Waals surface area (Å²) in [7, 11) is 0. The number of piperidine rings is 1. The van der Waals surface area contributed by atoms with E-state index >= 15 is 0 Å². The van der Waals surface area contributed by atoms with Crippen LogP contribution in [0.3, 0.4) is 0 Å². The third-order valence-electron chi connectivity index (χ3n) is 3.95. The highest BCUT2D eigenvalue weighted by Crippen LogP contribution is 2.34. The second kappa shape index (κ2) is 6.67. The first kappa shape index (κ1) is 16.1. The van der Waals surface area contributed by atoms with Gasteiger partial charge in [0.15, 0.2) is 0 Å². The van der Waals surface area contributed by atoms with Crippen molar-refractivity contribution in [2.75, 3.05) is 13.1 Å². The summed E-state index contributed by atoms with van der Waals surface area (Å²) in [5.74, 6) is 6.13. The quantitative estimate of drug-likeness (QED) is 0.784. The summed E-state index contributed by atoms with van der Waals surface area (Å²) in [4.78, 5) is 12.5. The molecule has 1 aromatic carbocycles. The molecule has 0 aromatic heterocycles. The van der Waals surface area contributed by atoms with Crippen molar-refractivity contribution in [3.05, 3.63) is 47.0 Å². The van der Waals surface area contributed by atoms with Crippen LogP contribution in [-0.4, -0.2) is 34.3 Å². The summed E-state index contributed by atoms with van der Waals surface area (Å²) in [6.45, 7) is 5.11. The van der Waals surface area contributed by atoms with Crippen molar-refractivity contribution in [1.29, 1.82) is 0 Å². The number of likely N-dealkylation sites (tertiary alicyclic amines) is 1. The van der Waals surface area contributed by atoms with Crippen molar-refractivity contribution in [2.24, 2.45) is 5.41 Å². The molecule has 0 unspecified atom stereocenters.